The molecule has 7 aromatic carbocycles. The molecular weight excluding hydrogens is 1370 g/mol. The zero-order chi connectivity index (χ0) is 70.5. The Bertz CT molecular complexity index is 3730. The number of alkyl carbamates (subject to hydrolysis) is 1. The summed E-state index contributed by atoms with van der Waals surface area (Å²) in [5.41, 5.74) is 5.25. The maximum absolute atomic E-state index is 13.0. The van der Waals surface area contributed by atoms with E-state index in [-0.39, 0.29) is 65.2 Å². The summed E-state index contributed by atoms with van der Waals surface area (Å²) in [5.74, 6) is 1.64. The number of ether oxygens (including phenoxy) is 2. The van der Waals surface area contributed by atoms with Gasteiger partial charge in [0.05, 0.1) is 29.6 Å². The van der Waals surface area contributed by atoms with Crippen LogP contribution < -0.4 is 15.5 Å². The highest BCUT2D eigenvalue weighted by molar-refractivity contribution is 6.32. The van der Waals surface area contributed by atoms with Crippen molar-refractivity contribution >= 4 is 111 Å². The molecule has 2 amide bonds. The number of hydrogen-bond acceptors (Lipinski definition) is 7. The summed E-state index contributed by atoms with van der Waals surface area (Å²) < 4.78 is 49.4. The lowest BCUT2D eigenvalue weighted by Gasteiger charge is -2.19. The first kappa shape index (κ1) is 77.1. The van der Waals surface area contributed by atoms with Crippen LogP contribution in [-0.4, -0.2) is 59.4 Å². The fraction of sp³-hybridized carbons (Fsp3) is 0.368. The summed E-state index contributed by atoms with van der Waals surface area (Å²) in [4.78, 5) is 49.2. The van der Waals surface area contributed by atoms with Crippen LogP contribution in [0.25, 0.3) is 6.08 Å². The zero-order valence-electron chi connectivity index (χ0n) is 54.9. The lowest BCUT2D eigenvalue weighted by molar-refractivity contribution is -0.145. The van der Waals surface area contributed by atoms with Crippen LogP contribution in [0.2, 0.25) is 30.1 Å². The van der Waals surface area contributed by atoms with Gasteiger partial charge in [0.15, 0.2) is 0 Å². The molecule has 5 aliphatic rings. The third-order valence-corrected chi connectivity index (χ3v) is 19.6. The topological polar surface area (TPSA) is 143 Å². The van der Waals surface area contributed by atoms with Crippen molar-refractivity contribution in [2.45, 2.75) is 129 Å². The molecule has 7 aromatic rings. The van der Waals surface area contributed by atoms with E-state index >= 15 is 0 Å². The van der Waals surface area contributed by atoms with E-state index in [1.807, 2.05) is 170 Å². The average molecular weight is 1450 g/mol. The van der Waals surface area contributed by atoms with Gasteiger partial charge in [-0.25, -0.2) is 9.63 Å². The predicted molar refractivity (Wildman–Crippen MR) is 383 cm³/mol. The molecule has 96 heavy (non-hydrogen) atoms. The van der Waals surface area contributed by atoms with Crippen LogP contribution in [0, 0.1) is 41.4 Å². The van der Waals surface area contributed by atoms with Gasteiger partial charge in [0.1, 0.15) is 5.60 Å². The molecule has 5 unspecified atom stereocenters. The van der Waals surface area contributed by atoms with Gasteiger partial charge in [0, 0.05) is 77.9 Å². The molecule has 0 heterocycles. The van der Waals surface area contributed by atoms with Crippen LogP contribution in [0.3, 0.4) is 0 Å². The second kappa shape index (κ2) is 34.5. The van der Waals surface area contributed by atoms with E-state index in [0.717, 1.165) is 37.3 Å². The third-order valence-electron chi connectivity index (χ3n) is 17.8. The van der Waals surface area contributed by atoms with Gasteiger partial charge >= 0.3 is 24.2 Å². The van der Waals surface area contributed by atoms with E-state index in [2.05, 4.69) is 48.4 Å². The minimum Gasteiger partial charge on any atom is -0.481 e. The molecule has 5 fully saturated rings. The molecule has 512 valence electrons. The molecule has 15 atom stereocenters. The van der Waals surface area contributed by atoms with Crippen molar-refractivity contribution in [2.75, 3.05) is 6.61 Å². The SMILES string of the molecule is C/C=C/c1ccc(Cl)cc1.CCOC(=O)[C@H]1C(c2ccc(Cl)cc2)[C@@H]1C.C[C@H]1C(c2ccc(Cl)cc2)[C@@H]1C(=O)O.C[C@H]1C(c2ccc(Cl)cc2)[C@@H]1NC(=O)OC(C)(C)C.C[C@H]1C(c2ccc(Cl)cc2)[C@@H]1NC(=O)c1ccccc1C(F)(F)F.C[C@H]1C(c2ccc(Cl)cc2)[C@@H]1NCl. The van der Waals surface area contributed by atoms with Crippen molar-refractivity contribution in [2.24, 2.45) is 41.4 Å². The van der Waals surface area contributed by atoms with E-state index < -0.39 is 29.2 Å². The number of rotatable bonds is 13. The first-order valence-electron chi connectivity index (χ1n) is 31.8. The van der Waals surface area contributed by atoms with Crippen molar-refractivity contribution in [1.82, 2.24) is 15.5 Å². The molecule has 0 aliphatic heterocycles. The Labute approximate surface area is 597 Å². The Kier molecular flexibility index (Phi) is 27.7. The number of carboxylic acid groups (broad SMARTS) is 1. The van der Waals surface area contributed by atoms with Gasteiger partial charge in [0.25, 0.3) is 5.91 Å². The number of halogens is 10. The highest BCUT2D eigenvalue weighted by Crippen LogP contribution is 2.55. The summed E-state index contributed by atoms with van der Waals surface area (Å²) in [7, 11) is 0. The average Bonchev–Trinajstić information content (AvgIpc) is 1.64. The van der Waals surface area contributed by atoms with Crippen LogP contribution >= 0.6 is 81.4 Å². The largest absolute Gasteiger partial charge is 0.481 e. The number of nitrogens with one attached hydrogen (secondary N) is 3. The minimum atomic E-state index is -4.56. The number of carbonyl (C=O) groups excluding carboxylic acids is 3. The summed E-state index contributed by atoms with van der Waals surface area (Å²) in [6.45, 7) is 20.2. The van der Waals surface area contributed by atoms with Gasteiger partial charge in [-0.15, -0.1) is 0 Å². The molecule has 0 radical (unpaired) electrons. The maximum atomic E-state index is 13.0. The smallest absolute Gasteiger partial charge is 0.417 e. The van der Waals surface area contributed by atoms with E-state index in [4.69, 9.17) is 96.0 Å². The molecule has 12 rings (SSSR count). The van der Waals surface area contributed by atoms with E-state index in [9.17, 15) is 32.3 Å². The zero-order valence-corrected chi connectivity index (χ0v) is 60.2. The van der Waals surface area contributed by atoms with E-state index in [0.29, 0.717) is 58.2 Å². The standard InChI is InChI=1S/C18H15ClF3NO.C15H20ClNO2.C13H15ClO2.C11H11ClO2.C10H11Cl2N.C9H9Cl/c1-10-15(11-6-8-12(19)9-7-11)16(10)23-17(24)13-4-2-3-5-14(13)18(20,21)22;1-9-12(10-5-7-11(16)8-6-10)13(9)17-14(18)19-15(2,3)4;1-3-16-13(15)12-8(2)11(12)9-4-6-10(14)7-5-9;1-6-9(10(6)11(13)14)7-2-4-8(12)5-3-7;1-6-9(10(6)13-12)7-2-4-8(11)5-3-7;1-2-3-8-4-6-9(10)7-5-8/h2-10,15-16H,1H3,(H,23,24);5-9,12-13H,1-4H3,(H,17,18);4-8,11-12H,3H2,1-2H3;2-6,9-10H,1H3,(H,13,14);2-6,9-10,13H,1H3;2-7H,1H3/b;;;;;3-2+/t10-,15?,16+;9-,12?,13+;8-,11?,12+;2*6-,9?,10+;/m00000./s1. The minimum absolute atomic E-state index is 0.0288. The summed E-state index contributed by atoms with van der Waals surface area (Å²) >= 11 is 40.4. The molecule has 4 N–H and O–H groups in total. The molecule has 10 nitrogen and oxygen atoms in total. The number of carboxylic acids is 1. The number of hydrogen-bond donors (Lipinski definition) is 4. The number of carbonyl (C=O) groups is 4. The highest BCUT2D eigenvalue weighted by Gasteiger charge is 2.54. The number of esters is 1. The van der Waals surface area contributed by atoms with E-state index in [1.165, 1.54) is 40.5 Å². The van der Waals surface area contributed by atoms with Crippen LogP contribution in [0.15, 0.2) is 176 Å². The van der Waals surface area contributed by atoms with Gasteiger partial charge in [-0.2, -0.15) is 13.2 Å². The Morgan fingerprint density at radius 3 is 1.18 bits per heavy atom. The Morgan fingerprint density at radius 2 is 0.833 bits per heavy atom. The fourth-order valence-corrected chi connectivity index (χ4v) is 13.3. The first-order valence-corrected chi connectivity index (χ1v) is 34.4. The summed E-state index contributed by atoms with van der Waals surface area (Å²) in [6, 6.07) is 51.1. The molecule has 5 aliphatic carbocycles. The second-order valence-electron chi connectivity index (χ2n) is 25.7. The second-order valence-corrected chi connectivity index (χ2v) is 28.6. The number of alkyl halides is 3. The predicted octanol–water partition coefficient (Wildman–Crippen LogP) is 21.4. The van der Waals surface area contributed by atoms with Gasteiger partial charge < -0.3 is 25.2 Å². The van der Waals surface area contributed by atoms with Gasteiger partial charge in [-0.3, -0.25) is 14.4 Å². The molecule has 0 bridgehead atoms. The van der Waals surface area contributed by atoms with Crippen LogP contribution in [0.5, 0.6) is 0 Å². The first-order chi connectivity index (χ1) is 45.4. The van der Waals surface area contributed by atoms with Gasteiger partial charge in [-0.05, 0) is 194 Å². The number of benzene rings is 7. The number of allylic oxidation sites excluding steroid dienone is 1. The molecule has 5 saturated carbocycles. The molecule has 0 aromatic heterocycles. The van der Waals surface area contributed by atoms with Crippen LogP contribution in [-0.2, 0) is 25.2 Å². The summed E-state index contributed by atoms with van der Waals surface area (Å²) in [5, 5.41) is 18.9. The number of aliphatic carboxylic acids is 1. The fourth-order valence-electron chi connectivity index (χ4n) is 12.2. The molecule has 0 spiro atoms. The van der Waals surface area contributed by atoms with Crippen molar-refractivity contribution in [3.05, 3.63) is 251 Å². The van der Waals surface area contributed by atoms with Crippen molar-refractivity contribution in [3.8, 4) is 0 Å². The third kappa shape index (κ3) is 21.9. The Hall–Kier alpha value is -6.26. The lowest BCUT2D eigenvalue weighted by Crippen LogP contribution is -2.34. The molecule has 20 heteroatoms. The number of amides is 2. The quantitative estimate of drug-likeness (QED) is 0.0660. The normalized spacial score (nSPS) is 25.2. The highest BCUT2D eigenvalue weighted by atomic mass is 35.5. The molecular formula is C76H81Cl7F3N3O7. The van der Waals surface area contributed by atoms with Gasteiger partial charge in [-0.1, -0.05) is 201 Å². The van der Waals surface area contributed by atoms with Crippen LogP contribution in [0.4, 0.5) is 18.0 Å². The Morgan fingerprint density at radius 1 is 0.490 bits per heavy atom. The van der Waals surface area contributed by atoms with Gasteiger partial charge in [0.2, 0.25) is 0 Å². The maximum Gasteiger partial charge on any atom is 0.417 e. The summed E-state index contributed by atoms with van der Waals surface area (Å²) in [6.07, 6.45) is -0.862. The lowest BCUT2D eigenvalue weighted by atomic mass is 10.1. The van der Waals surface area contributed by atoms with Crippen LogP contribution in [0.1, 0.15) is 148 Å². The Balaban J connectivity index is 0.000000166. The van der Waals surface area contributed by atoms with E-state index in [1.54, 1.807) is 24.3 Å². The van der Waals surface area contributed by atoms with Crippen molar-refractivity contribution in [1.29, 1.82) is 0 Å². The molecule has 0 saturated heterocycles. The monoisotopic (exact) mass is 1450 g/mol. The van der Waals surface area contributed by atoms with Crippen molar-refractivity contribution in [3.63, 3.8) is 0 Å². The van der Waals surface area contributed by atoms with Crippen molar-refractivity contribution < 1.29 is 46.9 Å².